The molecule has 0 amide bonds. The van der Waals surface area contributed by atoms with Crippen molar-refractivity contribution >= 4 is 11.6 Å². The van der Waals surface area contributed by atoms with Crippen LogP contribution >= 0.6 is 0 Å². The van der Waals surface area contributed by atoms with Gasteiger partial charge in [0, 0.05) is 45.9 Å². The number of aryl methyl sites for hydroxylation is 2. The highest BCUT2D eigenvalue weighted by Gasteiger charge is 2.56. The number of carbonyl (C=O) groups excluding carboxylic acids is 2. The minimum absolute atomic E-state index is 0.0322. The van der Waals surface area contributed by atoms with Crippen LogP contribution < -0.4 is 4.57 Å². The number of carbonyl (C=O) groups is 2. The maximum Gasteiger partial charge on any atom is 0.464 e. The van der Waals surface area contributed by atoms with E-state index in [0.29, 0.717) is 76.5 Å². The predicted molar refractivity (Wildman–Crippen MR) is 279 cm³/mol. The van der Waals surface area contributed by atoms with Crippen molar-refractivity contribution in [2.75, 3.05) is 0 Å². The lowest BCUT2D eigenvalue weighted by molar-refractivity contribution is -0.604. The lowest BCUT2D eigenvalue weighted by Gasteiger charge is -2.48. The van der Waals surface area contributed by atoms with Crippen molar-refractivity contribution in [3.8, 4) is 23.1 Å². The molecule has 0 bridgehead atoms. The minimum Gasteiger partial charge on any atom is -0.508 e. The number of rotatable bonds is 6. The summed E-state index contributed by atoms with van der Waals surface area (Å²) in [5.74, 6) is 6.38. The number of para-hydroxylation sites is 2. The van der Waals surface area contributed by atoms with Crippen molar-refractivity contribution in [2.45, 2.75) is 182 Å². The van der Waals surface area contributed by atoms with Crippen LogP contribution in [0.2, 0.25) is 0 Å². The molecule has 4 fully saturated rings. The molecule has 6 aliphatic carbocycles. The number of hydrogen-bond acceptors (Lipinski definition) is 4. The summed E-state index contributed by atoms with van der Waals surface area (Å²) in [6.45, 7) is 22.1. The van der Waals surface area contributed by atoms with E-state index in [4.69, 9.17) is 0 Å². The molecule has 1 aromatic heterocycles. The minimum atomic E-state index is -0.112. The van der Waals surface area contributed by atoms with Crippen molar-refractivity contribution in [2.24, 2.45) is 34.5 Å². The van der Waals surface area contributed by atoms with Crippen LogP contribution in [0.1, 0.15) is 213 Å². The fraction of sp³-hybridized carbons (Fsp3) is 0.540. The Kier molecular flexibility index (Phi) is 13.9. The molecule has 8 unspecified atom stereocenters. The third kappa shape index (κ3) is 8.78. The zero-order valence-electron chi connectivity index (χ0n) is 43.8. The van der Waals surface area contributed by atoms with E-state index in [1.165, 1.54) is 50.9 Å². The number of aromatic nitrogens is 2. The number of fused-ring (bicyclic) bond motifs is 10. The monoisotopic (exact) mass is 947 g/mol. The Bertz CT molecular complexity index is 2530. The first-order valence-corrected chi connectivity index (χ1v) is 27.1. The van der Waals surface area contributed by atoms with E-state index in [9.17, 15) is 24.2 Å². The molecule has 5 aromatic rings. The van der Waals surface area contributed by atoms with E-state index in [1.807, 2.05) is 39.7 Å². The summed E-state index contributed by atoms with van der Waals surface area (Å²) in [6, 6.07) is 24.5. The van der Waals surface area contributed by atoms with E-state index in [2.05, 4.69) is 112 Å². The van der Waals surface area contributed by atoms with Crippen molar-refractivity contribution in [3.05, 3.63) is 136 Å². The molecule has 6 aliphatic rings. The summed E-state index contributed by atoms with van der Waals surface area (Å²) < 4.78 is 17.3. The first-order valence-electron chi connectivity index (χ1n) is 27.1. The number of phenols is 1. The number of hydrogen-bond donors (Lipinski definition) is 2. The maximum atomic E-state index is 13.4. The van der Waals surface area contributed by atoms with Crippen LogP contribution in [0.15, 0.2) is 85.2 Å². The van der Waals surface area contributed by atoms with Gasteiger partial charge in [0.05, 0.1) is 0 Å². The summed E-state index contributed by atoms with van der Waals surface area (Å²) in [7, 11) is 0. The van der Waals surface area contributed by atoms with Crippen LogP contribution in [-0.4, -0.2) is 26.3 Å². The van der Waals surface area contributed by atoms with Gasteiger partial charge in [0.1, 0.15) is 46.9 Å². The number of aromatic hydroxyl groups is 2. The predicted octanol–water partition coefficient (Wildman–Crippen LogP) is 15.0. The van der Waals surface area contributed by atoms with Crippen molar-refractivity contribution in [1.29, 1.82) is 0 Å². The van der Waals surface area contributed by atoms with Gasteiger partial charge >= 0.3 is 6.01 Å². The Morgan fingerprint density at radius 1 is 0.586 bits per heavy atom. The van der Waals surface area contributed by atoms with E-state index < -0.39 is 0 Å². The van der Waals surface area contributed by atoms with E-state index >= 15 is 0 Å². The Hall–Kier alpha value is -5.04. The summed E-state index contributed by atoms with van der Waals surface area (Å²) in [5, 5.41) is 21.2. The highest BCUT2D eigenvalue weighted by Crippen LogP contribution is 2.61. The van der Waals surface area contributed by atoms with Crippen LogP contribution in [0.4, 0.5) is 4.39 Å². The normalized spacial score (nSPS) is 27.5. The third-order valence-corrected chi connectivity index (χ3v) is 18.8. The molecule has 70 heavy (non-hydrogen) atoms. The standard InChI is InChI=1S/C27H36N2O.C18H21FO.C18H22O2/c1-17(2)21-11-9-12-22(18(3)4)25(21)28-15-16-29(27(28)30)26-23(19(5)6)13-10-14-24(26)20(7)8;2*1-18-9-8-14-13-5-3-12(19)10-11(13)2-4-15(14)16(18)6-7-17(18)20/h9-20H,1-8H3;3,5,10,14-16H,2,4,6-9H2,1H3;3,5,10,14-16,19H,2,4,6-9H2,1H3/p+1/i;19-1;. The Morgan fingerprint density at radius 3 is 1.53 bits per heavy atom. The molecule has 11 rings (SSSR count). The quantitative estimate of drug-likeness (QED) is 0.166. The molecular weight excluding hydrogens is 867 g/mol. The van der Waals surface area contributed by atoms with Crippen molar-refractivity contribution in [1.82, 2.24) is 4.57 Å². The second-order valence-corrected chi connectivity index (χ2v) is 23.9. The second kappa shape index (κ2) is 19.5. The van der Waals surface area contributed by atoms with Crippen LogP contribution in [0.5, 0.6) is 11.8 Å². The van der Waals surface area contributed by atoms with Gasteiger partial charge in [-0.1, -0.05) is 118 Å². The van der Waals surface area contributed by atoms with Crippen LogP contribution in [0.3, 0.4) is 0 Å². The average Bonchev–Trinajstić information content (AvgIpc) is 3.98. The second-order valence-electron chi connectivity index (χ2n) is 23.9. The zero-order valence-corrected chi connectivity index (χ0v) is 43.8. The third-order valence-electron chi connectivity index (χ3n) is 18.8. The van der Waals surface area contributed by atoms with Gasteiger partial charge in [-0.15, -0.1) is 0 Å². The molecule has 0 aliphatic heterocycles. The lowest BCUT2D eigenvalue weighted by Crippen LogP contribution is -2.42. The molecule has 0 radical (unpaired) electrons. The maximum absolute atomic E-state index is 13.4. The molecule has 6 nitrogen and oxygen atoms in total. The molecule has 0 saturated heterocycles. The fourth-order valence-electron chi connectivity index (χ4n) is 15.0. The lowest BCUT2D eigenvalue weighted by atomic mass is 9.55. The summed E-state index contributed by atoms with van der Waals surface area (Å²) in [4.78, 5) is 24.5. The van der Waals surface area contributed by atoms with E-state index in [1.54, 1.807) is 12.1 Å². The average molecular weight is 947 g/mol. The highest BCUT2D eigenvalue weighted by molar-refractivity contribution is 5.87. The summed E-state index contributed by atoms with van der Waals surface area (Å²) in [5.41, 5.74) is 12.5. The van der Waals surface area contributed by atoms with Gasteiger partial charge in [-0.25, -0.2) is 4.39 Å². The molecule has 2 N–H and O–H groups in total. The highest BCUT2D eigenvalue weighted by atomic mass is 18.2. The number of phenolic OH excluding ortho intramolecular Hbond substituents is 1. The molecule has 7 heteroatoms. The molecule has 4 saturated carbocycles. The molecule has 8 atom stereocenters. The first kappa shape index (κ1) is 49.9. The summed E-state index contributed by atoms with van der Waals surface area (Å²) >= 11 is 0. The number of nitrogens with zero attached hydrogens (tertiary/aromatic N) is 2. The van der Waals surface area contributed by atoms with E-state index in [0.717, 1.165) is 82.0 Å². The molecule has 0 spiro atoms. The van der Waals surface area contributed by atoms with E-state index in [-0.39, 0.29) is 22.7 Å². The Morgan fingerprint density at radius 2 is 1.04 bits per heavy atom. The Balaban J connectivity index is 0.000000134. The topological polar surface area (TPSA) is 83.4 Å². The first-order chi connectivity index (χ1) is 33.3. The van der Waals surface area contributed by atoms with Gasteiger partial charge in [-0.2, -0.15) is 9.13 Å². The summed E-state index contributed by atoms with van der Waals surface area (Å²) in [6.07, 6.45) is 16.4. The zero-order chi connectivity index (χ0) is 50.0. The number of halogens is 1. The van der Waals surface area contributed by atoms with Crippen LogP contribution in [0, 0.1) is 40.3 Å². The van der Waals surface area contributed by atoms with Gasteiger partial charge in [0.2, 0.25) is 0 Å². The number of ketones is 2. The molecule has 4 aromatic carbocycles. The fourth-order valence-corrected chi connectivity index (χ4v) is 15.0. The molecule has 372 valence electrons. The number of Topliss-reactive ketones (excluding diaryl/α,β-unsaturated/α-hetero) is 2. The smallest absolute Gasteiger partial charge is 0.464 e. The van der Waals surface area contributed by atoms with Crippen LogP contribution in [-0.2, 0) is 22.4 Å². The number of imidazole rings is 1. The Labute approximate surface area is 418 Å². The van der Waals surface area contributed by atoms with Crippen molar-refractivity contribution in [3.63, 3.8) is 0 Å². The van der Waals surface area contributed by atoms with Gasteiger partial charge in [0.15, 0.2) is 0 Å². The van der Waals surface area contributed by atoms with Crippen LogP contribution in [0.25, 0.3) is 11.4 Å². The largest absolute Gasteiger partial charge is 0.508 e. The molecule has 1 heterocycles. The van der Waals surface area contributed by atoms with Gasteiger partial charge in [-0.3, -0.25) is 9.59 Å². The van der Waals surface area contributed by atoms with Gasteiger partial charge in [-0.05, 0) is 170 Å². The molecular formula is C63H80FN2O4+. The van der Waals surface area contributed by atoms with Crippen molar-refractivity contribution < 1.29 is 28.8 Å². The van der Waals surface area contributed by atoms with Gasteiger partial charge in [0.25, 0.3) is 0 Å². The SMILES string of the molecule is CC(C)c1cccc(C(C)C)c1-n1cc[n+](-c2c(C(C)C)cccc2C(C)C)c1O.CC12CCC3c4ccc(O)cc4CCC3C1CCC2=O.CC12CCC3c4ccc([18F])cc4CCC3C1CCC2=O. The number of benzene rings is 4. The van der Waals surface area contributed by atoms with Gasteiger partial charge < -0.3 is 10.2 Å².